The molecule has 0 unspecified atom stereocenters. The first kappa shape index (κ1) is 15.0. The minimum absolute atomic E-state index is 0.314. The van der Waals surface area contributed by atoms with Gasteiger partial charge in [0.05, 0.1) is 23.6 Å². The molecule has 6 rings (SSSR count). The van der Waals surface area contributed by atoms with Gasteiger partial charge in [-0.1, -0.05) is 17.3 Å². The summed E-state index contributed by atoms with van der Waals surface area (Å²) in [6, 6.07) is 14.0. The summed E-state index contributed by atoms with van der Waals surface area (Å²) < 4.78 is 18.8. The summed E-state index contributed by atoms with van der Waals surface area (Å²) in [5, 5.41) is 18.0. The largest absolute Gasteiger partial charge is 0.284 e. The molecule has 28 heavy (non-hydrogen) atoms. The van der Waals surface area contributed by atoms with Gasteiger partial charge in [-0.3, -0.25) is 8.80 Å². The van der Waals surface area contributed by atoms with Crippen molar-refractivity contribution < 1.29 is 4.39 Å². The molecule has 0 N–H and O–H groups in total. The molecule has 0 amide bonds. The monoisotopic (exact) mass is 370 g/mol. The Balaban J connectivity index is 1.70. The second-order valence-electron chi connectivity index (χ2n) is 6.33. The Morgan fingerprint density at radius 2 is 1.75 bits per heavy atom. The van der Waals surface area contributed by atoms with Crippen LogP contribution in [0.25, 0.3) is 39.4 Å². The zero-order valence-electron chi connectivity index (χ0n) is 14.3. The standard InChI is InChI=1S/C19H11FN8/c20-12-5-7-13(8-6-12)28-16(9-22-25-28)19-24-23-18-14-3-1-2-4-15(14)26-11-21-10-17(26)27(18)19/h1-11H. The Hall–Kier alpha value is -4.14. The molecule has 9 heteroatoms. The maximum atomic E-state index is 13.3. The van der Waals surface area contributed by atoms with E-state index in [4.69, 9.17) is 0 Å². The highest BCUT2D eigenvalue weighted by atomic mass is 19.1. The van der Waals surface area contributed by atoms with Gasteiger partial charge < -0.3 is 0 Å². The number of aromatic nitrogens is 8. The number of imidazole rings is 1. The molecule has 0 saturated heterocycles. The predicted molar refractivity (Wildman–Crippen MR) is 99.6 cm³/mol. The van der Waals surface area contributed by atoms with Gasteiger partial charge in [0.1, 0.15) is 23.5 Å². The highest BCUT2D eigenvalue weighted by Crippen LogP contribution is 2.27. The Morgan fingerprint density at radius 3 is 2.64 bits per heavy atom. The van der Waals surface area contributed by atoms with Gasteiger partial charge in [0.15, 0.2) is 11.5 Å². The fraction of sp³-hybridized carbons (Fsp3) is 0. The number of halogens is 1. The molecule has 2 aromatic carbocycles. The molecule has 0 spiro atoms. The van der Waals surface area contributed by atoms with Crippen molar-refractivity contribution >= 4 is 22.2 Å². The summed E-state index contributed by atoms with van der Waals surface area (Å²) in [7, 11) is 0. The van der Waals surface area contributed by atoms with Crippen LogP contribution in [0.5, 0.6) is 0 Å². The number of para-hydroxylation sites is 1. The van der Waals surface area contributed by atoms with Crippen molar-refractivity contribution in [3.63, 3.8) is 0 Å². The Morgan fingerprint density at radius 1 is 0.893 bits per heavy atom. The molecule has 0 aliphatic rings. The fourth-order valence-corrected chi connectivity index (χ4v) is 3.51. The number of benzene rings is 2. The second-order valence-corrected chi connectivity index (χ2v) is 6.33. The van der Waals surface area contributed by atoms with Gasteiger partial charge in [0, 0.05) is 5.39 Å². The SMILES string of the molecule is Fc1ccc(-n2nncc2-c2nnc3c4ccccc4n4cncc4n23)cc1. The van der Waals surface area contributed by atoms with Gasteiger partial charge in [0.2, 0.25) is 0 Å². The van der Waals surface area contributed by atoms with Gasteiger partial charge in [0.25, 0.3) is 0 Å². The number of rotatable bonds is 2. The van der Waals surface area contributed by atoms with E-state index in [2.05, 4.69) is 25.5 Å². The van der Waals surface area contributed by atoms with Gasteiger partial charge >= 0.3 is 0 Å². The molecule has 0 saturated carbocycles. The highest BCUT2D eigenvalue weighted by Gasteiger charge is 2.19. The summed E-state index contributed by atoms with van der Waals surface area (Å²) in [4.78, 5) is 4.30. The van der Waals surface area contributed by atoms with Crippen LogP contribution >= 0.6 is 0 Å². The van der Waals surface area contributed by atoms with Crippen LogP contribution in [0.1, 0.15) is 0 Å². The van der Waals surface area contributed by atoms with Crippen molar-refractivity contribution in [1.82, 2.24) is 39.0 Å². The van der Waals surface area contributed by atoms with E-state index in [9.17, 15) is 4.39 Å². The first-order valence-electron chi connectivity index (χ1n) is 8.56. The van der Waals surface area contributed by atoms with Crippen molar-refractivity contribution in [2.75, 3.05) is 0 Å². The van der Waals surface area contributed by atoms with Crippen molar-refractivity contribution in [2.24, 2.45) is 0 Å². The predicted octanol–water partition coefficient (Wildman–Crippen LogP) is 2.92. The van der Waals surface area contributed by atoms with E-state index in [1.54, 1.807) is 35.5 Å². The Bertz CT molecular complexity index is 1480. The van der Waals surface area contributed by atoms with Crippen LogP contribution < -0.4 is 0 Å². The summed E-state index contributed by atoms with van der Waals surface area (Å²) >= 11 is 0. The first-order valence-corrected chi connectivity index (χ1v) is 8.56. The molecule has 0 aliphatic heterocycles. The van der Waals surface area contributed by atoms with E-state index in [1.165, 1.54) is 12.1 Å². The molecule has 4 aromatic heterocycles. The zero-order valence-corrected chi connectivity index (χ0v) is 14.3. The molecule has 6 aromatic rings. The van der Waals surface area contributed by atoms with Crippen LogP contribution in [-0.2, 0) is 0 Å². The molecule has 8 nitrogen and oxygen atoms in total. The van der Waals surface area contributed by atoms with Gasteiger partial charge in [-0.05, 0) is 36.4 Å². The summed E-state index contributed by atoms with van der Waals surface area (Å²) in [5.41, 5.74) is 3.84. The molecule has 134 valence electrons. The van der Waals surface area contributed by atoms with E-state index in [0.29, 0.717) is 22.9 Å². The van der Waals surface area contributed by atoms with E-state index < -0.39 is 0 Å². The van der Waals surface area contributed by atoms with Crippen LogP contribution in [0.3, 0.4) is 0 Å². The van der Waals surface area contributed by atoms with E-state index >= 15 is 0 Å². The smallest absolute Gasteiger partial charge is 0.190 e. The topological polar surface area (TPSA) is 78.2 Å². The molecule has 0 bridgehead atoms. The Kier molecular flexibility index (Phi) is 2.90. The minimum Gasteiger partial charge on any atom is -0.284 e. The zero-order chi connectivity index (χ0) is 18.7. The van der Waals surface area contributed by atoms with Crippen LogP contribution in [0, 0.1) is 5.82 Å². The third-order valence-corrected chi connectivity index (χ3v) is 4.77. The lowest BCUT2D eigenvalue weighted by molar-refractivity contribution is 0.627. The normalized spacial score (nSPS) is 11.8. The lowest BCUT2D eigenvalue weighted by Gasteiger charge is -2.08. The lowest BCUT2D eigenvalue weighted by Crippen LogP contribution is -2.03. The van der Waals surface area contributed by atoms with Crippen LogP contribution in [-0.4, -0.2) is 39.0 Å². The number of nitrogens with zero attached hydrogens (tertiary/aromatic N) is 8. The Labute approximate surface area is 156 Å². The molecular formula is C19H11FN8. The summed E-state index contributed by atoms with van der Waals surface area (Å²) in [6.07, 6.45) is 5.14. The third kappa shape index (κ3) is 1.95. The average molecular weight is 370 g/mol. The van der Waals surface area contributed by atoms with Crippen molar-refractivity contribution in [3.05, 3.63) is 73.1 Å². The number of hydrogen-bond donors (Lipinski definition) is 0. The molecule has 4 heterocycles. The highest BCUT2D eigenvalue weighted by molar-refractivity contribution is 5.94. The van der Waals surface area contributed by atoms with Crippen LogP contribution in [0.2, 0.25) is 0 Å². The van der Waals surface area contributed by atoms with Gasteiger partial charge in [-0.25, -0.2) is 14.1 Å². The second kappa shape index (κ2) is 5.43. The van der Waals surface area contributed by atoms with Gasteiger partial charge in [-0.2, -0.15) is 0 Å². The fourth-order valence-electron chi connectivity index (χ4n) is 3.51. The number of fused-ring (bicyclic) bond motifs is 6. The maximum Gasteiger partial charge on any atom is 0.190 e. The molecular weight excluding hydrogens is 359 g/mol. The van der Waals surface area contributed by atoms with Crippen molar-refractivity contribution in [3.8, 4) is 17.2 Å². The van der Waals surface area contributed by atoms with Crippen molar-refractivity contribution in [1.29, 1.82) is 0 Å². The van der Waals surface area contributed by atoms with Crippen molar-refractivity contribution in [2.45, 2.75) is 0 Å². The minimum atomic E-state index is -0.314. The van der Waals surface area contributed by atoms with Crippen LogP contribution in [0.4, 0.5) is 4.39 Å². The van der Waals surface area contributed by atoms with Gasteiger partial charge in [-0.15, -0.1) is 15.3 Å². The molecule has 0 radical (unpaired) electrons. The lowest BCUT2D eigenvalue weighted by atomic mass is 10.2. The molecule has 0 atom stereocenters. The number of hydrogen-bond acceptors (Lipinski definition) is 5. The molecule has 0 fully saturated rings. The average Bonchev–Trinajstić information content (AvgIpc) is 3.46. The van der Waals surface area contributed by atoms with E-state index in [0.717, 1.165) is 16.6 Å². The third-order valence-electron chi connectivity index (χ3n) is 4.77. The summed E-state index contributed by atoms with van der Waals surface area (Å²) in [5.74, 6) is 0.256. The first-order chi connectivity index (χ1) is 13.8. The van der Waals surface area contributed by atoms with E-state index in [-0.39, 0.29) is 5.82 Å². The van der Waals surface area contributed by atoms with E-state index in [1.807, 2.05) is 33.1 Å². The molecule has 0 aliphatic carbocycles. The summed E-state index contributed by atoms with van der Waals surface area (Å²) in [6.45, 7) is 0. The van der Waals surface area contributed by atoms with Crippen LogP contribution in [0.15, 0.2) is 67.3 Å². The quantitative estimate of drug-likeness (QED) is 0.468. The maximum absolute atomic E-state index is 13.3.